The monoisotopic (exact) mass is 269 g/mol. The first-order chi connectivity index (χ1) is 9.83. The molecule has 0 spiro atoms. The Bertz CT molecular complexity index is 556. The Labute approximate surface area is 121 Å². The maximum atomic E-state index is 4.44. The van der Waals surface area contributed by atoms with Crippen LogP contribution in [0.25, 0.3) is 10.9 Å². The molecule has 1 saturated heterocycles. The summed E-state index contributed by atoms with van der Waals surface area (Å²) in [6.07, 6.45) is 4.54. The molecule has 1 aromatic heterocycles. The second-order valence-corrected chi connectivity index (χ2v) is 5.88. The van der Waals surface area contributed by atoms with E-state index >= 15 is 0 Å². The van der Waals surface area contributed by atoms with E-state index in [2.05, 4.69) is 52.6 Å². The average Bonchev–Trinajstić information content (AvgIpc) is 2.48. The van der Waals surface area contributed by atoms with Crippen LogP contribution in [0.3, 0.4) is 0 Å². The molecule has 0 aliphatic carbocycles. The molecule has 3 heteroatoms. The maximum absolute atomic E-state index is 4.44. The van der Waals surface area contributed by atoms with E-state index in [0.29, 0.717) is 0 Å². The van der Waals surface area contributed by atoms with Gasteiger partial charge in [0.2, 0.25) is 0 Å². The Hall–Kier alpha value is -1.45. The number of hydrogen-bond acceptors (Lipinski definition) is 3. The molecule has 1 aliphatic heterocycles. The molecule has 0 radical (unpaired) electrons. The largest absolute Gasteiger partial charge is 0.317 e. The van der Waals surface area contributed by atoms with E-state index in [1.807, 2.05) is 6.20 Å². The zero-order valence-electron chi connectivity index (χ0n) is 12.2. The molecule has 0 unspecified atom stereocenters. The van der Waals surface area contributed by atoms with Gasteiger partial charge < -0.3 is 10.2 Å². The summed E-state index contributed by atoms with van der Waals surface area (Å²) in [5, 5.41) is 4.72. The van der Waals surface area contributed by atoms with Gasteiger partial charge in [-0.25, -0.2) is 0 Å². The third kappa shape index (κ3) is 3.17. The second kappa shape index (κ2) is 6.33. The number of nitrogens with zero attached hydrogens (tertiary/aromatic N) is 2. The van der Waals surface area contributed by atoms with Gasteiger partial charge in [0.05, 0.1) is 5.52 Å². The molecule has 1 fully saturated rings. The van der Waals surface area contributed by atoms with Crippen molar-refractivity contribution in [3.05, 3.63) is 42.1 Å². The van der Waals surface area contributed by atoms with Crippen LogP contribution in [0.5, 0.6) is 0 Å². The van der Waals surface area contributed by atoms with Crippen molar-refractivity contribution in [3.8, 4) is 0 Å². The molecule has 1 aromatic carbocycles. The molecule has 3 rings (SSSR count). The summed E-state index contributed by atoms with van der Waals surface area (Å²) in [6.45, 7) is 4.55. The van der Waals surface area contributed by atoms with Crippen molar-refractivity contribution in [2.24, 2.45) is 5.92 Å². The van der Waals surface area contributed by atoms with E-state index in [0.717, 1.165) is 18.0 Å². The summed E-state index contributed by atoms with van der Waals surface area (Å²) >= 11 is 0. The number of rotatable bonds is 4. The van der Waals surface area contributed by atoms with Crippen molar-refractivity contribution in [2.75, 3.05) is 26.7 Å². The smallest absolute Gasteiger partial charge is 0.0705 e. The van der Waals surface area contributed by atoms with Crippen LogP contribution in [0, 0.1) is 5.92 Å². The standard InChI is InChI=1S/C17H23N3/c1-20(12-14-6-9-18-10-7-14)13-15-8-11-19-17-5-3-2-4-16(15)17/h2-5,8,11,14,18H,6-7,9-10,12-13H2,1H3. The van der Waals surface area contributed by atoms with Gasteiger partial charge >= 0.3 is 0 Å². The fourth-order valence-corrected chi connectivity index (χ4v) is 3.15. The van der Waals surface area contributed by atoms with Crippen molar-refractivity contribution >= 4 is 10.9 Å². The summed E-state index contributed by atoms with van der Waals surface area (Å²) < 4.78 is 0. The lowest BCUT2D eigenvalue weighted by atomic mass is 9.97. The molecule has 0 atom stereocenters. The molecule has 3 nitrogen and oxygen atoms in total. The zero-order chi connectivity index (χ0) is 13.8. The van der Waals surface area contributed by atoms with Crippen molar-refractivity contribution in [2.45, 2.75) is 19.4 Å². The number of fused-ring (bicyclic) bond motifs is 1. The first-order valence-corrected chi connectivity index (χ1v) is 7.55. The maximum Gasteiger partial charge on any atom is 0.0705 e. The van der Waals surface area contributed by atoms with Gasteiger partial charge in [-0.1, -0.05) is 18.2 Å². The van der Waals surface area contributed by atoms with Crippen LogP contribution in [-0.4, -0.2) is 36.6 Å². The molecule has 0 amide bonds. The number of hydrogen-bond donors (Lipinski definition) is 1. The molecule has 106 valence electrons. The molecule has 2 heterocycles. The number of piperidine rings is 1. The fraction of sp³-hybridized carbons (Fsp3) is 0.471. The van der Waals surface area contributed by atoms with Crippen LogP contribution >= 0.6 is 0 Å². The summed E-state index contributed by atoms with van der Waals surface area (Å²) in [5.74, 6) is 0.842. The molecule has 20 heavy (non-hydrogen) atoms. The molecular formula is C17H23N3. The van der Waals surface area contributed by atoms with Crippen molar-refractivity contribution in [1.82, 2.24) is 15.2 Å². The van der Waals surface area contributed by atoms with E-state index < -0.39 is 0 Å². The quantitative estimate of drug-likeness (QED) is 0.925. The Kier molecular flexibility index (Phi) is 4.28. The second-order valence-electron chi connectivity index (χ2n) is 5.88. The highest BCUT2D eigenvalue weighted by Gasteiger charge is 2.15. The van der Waals surface area contributed by atoms with E-state index in [-0.39, 0.29) is 0 Å². The van der Waals surface area contributed by atoms with Gasteiger partial charge in [0, 0.05) is 24.7 Å². The Morgan fingerprint density at radius 3 is 2.85 bits per heavy atom. The predicted octanol–water partition coefficient (Wildman–Crippen LogP) is 2.67. The summed E-state index contributed by atoms with van der Waals surface area (Å²) in [6, 6.07) is 10.6. The lowest BCUT2D eigenvalue weighted by molar-refractivity contribution is 0.235. The summed E-state index contributed by atoms with van der Waals surface area (Å²) in [7, 11) is 2.23. The average molecular weight is 269 g/mol. The number of benzene rings is 1. The number of nitrogens with one attached hydrogen (secondary N) is 1. The third-order valence-electron chi connectivity index (χ3n) is 4.21. The van der Waals surface area contributed by atoms with Gasteiger partial charge in [0.1, 0.15) is 0 Å². The first-order valence-electron chi connectivity index (χ1n) is 7.55. The van der Waals surface area contributed by atoms with Crippen LogP contribution in [0.1, 0.15) is 18.4 Å². The molecule has 1 N–H and O–H groups in total. The lowest BCUT2D eigenvalue weighted by Gasteiger charge is -2.27. The van der Waals surface area contributed by atoms with Gasteiger partial charge in [-0.05, 0) is 56.6 Å². The van der Waals surface area contributed by atoms with Gasteiger partial charge in [-0.2, -0.15) is 0 Å². The van der Waals surface area contributed by atoms with Gasteiger partial charge in [0.25, 0.3) is 0 Å². The SMILES string of the molecule is CN(Cc1ccnc2ccccc12)CC1CCNCC1. The minimum atomic E-state index is 0.842. The van der Waals surface area contributed by atoms with E-state index in [1.165, 1.54) is 43.4 Å². The lowest BCUT2D eigenvalue weighted by Crippen LogP contribution is -2.34. The predicted molar refractivity (Wildman–Crippen MR) is 83.7 cm³/mol. The minimum Gasteiger partial charge on any atom is -0.317 e. The number of pyridine rings is 1. The van der Waals surface area contributed by atoms with E-state index in [4.69, 9.17) is 0 Å². The molecule has 0 bridgehead atoms. The Morgan fingerprint density at radius 2 is 2.00 bits per heavy atom. The van der Waals surface area contributed by atoms with Crippen LogP contribution in [-0.2, 0) is 6.54 Å². The van der Waals surface area contributed by atoms with Crippen molar-refractivity contribution < 1.29 is 0 Å². The summed E-state index contributed by atoms with van der Waals surface area (Å²) in [4.78, 5) is 6.89. The molecule has 1 aliphatic rings. The van der Waals surface area contributed by atoms with Gasteiger partial charge in [0.15, 0.2) is 0 Å². The topological polar surface area (TPSA) is 28.2 Å². The van der Waals surface area contributed by atoms with Crippen molar-refractivity contribution in [1.29, 1.82) is 0 Å². The highest BCUT2D eigenvalue weighted by Crippen LogP contribution is 2.19. The van der Waals surface area contributed by atoms with Crippen molar-refractivity contribution in [3.63, 3.8) is 0 Å². The zero-order valence-corrected chi connectivity index (χ0v) is 12.2. The number of aromatic nitrogens is 1. The Morgan fingerprint density at radius 1 is 1.20 bits per heavy atom. The van der Waals surface area contributed by atoms with Gasteiger partial charge in [-0.15, -0.1) is 0 Å². The normalized spacial score (nSPS) is 16.9. The van der Waals surface area contributed by atoms with E-state index in [1.54, 1.807) is 0 Å². The molecular weight excluding hydrogens is 246 g/mol. The third-order valence-corrected chi connectivity index (χ3v) is 4.21. The van der Waals surface area contributed by atoms with E-state index in [9.17, 15) is 0 Å². The summed E-state index contributed by atoms with van der Waals surface area (Å²) in [5.41, 5.74) is 2.48. The minimum absolute atomic E-state index is 0.842. The Balaban J connectivity index is 1.69. The number of para-hydroxylation sites is 1. The first kappa shape index (κ1) is 13.5. The highest BCUT2D eigenvalue weighted by molar-refractivity contribution is 5.81. The van der Waals surface area contributed by atoms with Crippen LogP contribution in [0.15, 0.2) is 36.5 Å². The molecule has 2 aromatic rings. The van der Waals surface area contributed by atoms with Gasteiger partial charge in [-0.3, -0.25) is 4.98 Å². The highest BCUT2D eigenvalue weighted by atomic mass is 15.1. The van der Waals surface area contributed by atoms with Crippen LogP contribution in [0.4, 0.5) is 0 Å². The fourth-order valence-electron chi connectivity index (χ4n) is 3.15. The van der Waals surface area contributed by atoms with Crippen LogP contribution in [0.2, 0.25) is 0 Å². The molecule has 0 saturated carbocycles. The van der Waals surface area contributed by atoms with Crippen LogP contribution < -0.4 is 5.32 Å².